The van der Waals surface area contributed by atoms with Crippen molar-refractivity contribution in [3.63, 3.8) is 0 Å². The summed E-state index contributed by atoms with van der Waals surface area (Å²) >= 11 is 0. The van der Waals surface area contributed by atoms with Crippen LogP contribution in [0.5, 0.6) is 0 Å². The Morgan fingerprint density at radius 1 is 1.12 bits per heavy atom. The minimum absolute atomic E-state index is 0.299. The lowest BCUT2D eigenvalue weighted by Gasteiger charge is -2.58. The molecule has 26 heavy (non-hydrogen) atoms. The number of carbonyl (C=O) groups excluding carboxylic acids is 1. The number of carbonyl (C=O) groups is 1. The molecule has 4 rings (SSSR count). The largest absolute Gasteiger partial charge is 0.300 e. The quantitative estimate of drug-likeness (QED) is 0.497. The molecule has 5 unspecified atom stereocenters. The second-order valence-electron chi connectivity index (χ2n) is 10.8. The Morgan fingerprint density at radius 2 is 1.92 bits per heavy atom. The van der Waals surface area contributed by atoms with E-state index in [0.29, 0.717) is 22.5 Å². The van der Waals surface area contributed by atoms with E-state index in [4.69, 9.17) is 0 Å². The van der Waals surface area contributed by atoms with Crippen molar-refractivity contribution in [2.24, 2.45) is 40.4 Å². The molecule has 7 atom stereocenters. The number of allylic oxidation sites excluding steroid dienone is 2. The Hall–Kier alpha value is -0.590. The molecule has 4 aliphatic carbocycles. The van der Waals surface area contributed by atoms with Gasteiger partial charge in [-0.15, -0.1) is 0 Å². The first kappa shape index (κ1) is 18.8. The highest BCUT2D eigenvalue weighted by Crippen LogP contribution is 2.66. The summed E-state index contributed by atoms with van der Waals surface area (Å²) in [7, 11) is 0. The van der Waals surface area contributed by atoms with E-state index in [1.54, 1.807) is 0 Å². The van der Waals surface area contributed by atoms with Crippen LogP contribution in [0.2, 0.25) is 0 Å². The third kappa shape index (κ3) is 2.75. The number of hydrogen-bond acceptors (Lipinski definition) is 1. The Morgan fingerprint density at radius 3 is 2.65 bits per heavy atom. The van der Waals surface area contributed by atoms with Gasteiger partial charge in [0.2, 0.25) is 0 Å². The average molecular weight is 357 g/mol. The van der Waals surface area contributed by atoms with Crippen LogP contribution in [-0.2, 0) is 4.79 Å². The monoisotopic (exact) mass is 356 g/mol. The van der Waals surface area contributed by atoms with Gasteiger partial charge in [0.25, 0.3) is 0 Å². The van der Waals surface area contributed by atoms with Gasteiger partial charge in [0, 0.05) is 5.92 Å². The van der Waals surface area contributed by atoms with Gasteiger partial charge in [-0.1, -0.05) is 51.7 Å². The van der Waals surface area contributed by atoms with Crippen molar-refractivity contribution in [2.75, 3.05) is 0 Å². The average Bonchev–Trinajstić information content (AvgIpc) is 2.97. The molecular weight excluding hydrogens is 316 g/mol. The van der Waals surface area contributed by atoms with Crippen LogP contribution in [0.1, 0.15) is 98.3 Å². The number of ketones is 1. The number of Topliss-reactive ketones (excluding diaryl/α,β-unsaturated/α-hetero) is 1. The SMILES string of the molecule is CCCCC1CCC2(C)C(=CCC3C2CC[C@@]2(C)C3CC[C@@H]2C(C)=O)C1. The van der Waals surface area contributed by atoms with Crippen LogP contribution in [0.25, 0.3) is 0 Å². The third-order valence-corrected chi connectivity index (χ3v) is 9.66. The van der Waals surface area contributed by atoms with E-state index in [1.165, 1.54) is 64.2 Å². The minimum Gasteiger partial charge on any atom is -0.300 e. The first-order valence-electron chi connectivity index (χ1n) is 11.6. The lowest BCUT2D eigenvalue weighted by Crippen LogP contribution is -2.50. The van der Waals surface area contributed by atoms with Crippen LogP contribution in [0, 0.1) is 40.4 Å². The summed E-state index contributed by atoms with van der Waals surface area (Å²) in [5.74, 6) is 4.29. The van der Waals surface area contributed by atoms with Crippen LogP contribution >= 0.6 is 0 Å². The molecule has 0 heterocycles. The summed E-state index contributed by atoms with van der Waals surface area (Å²) in [4.78, 5) is 12.3. The molecule has 146 valence electrons. The van der Waals surface area contributed by atoms with Gasteiger partial charge in [0.05, 0.1) is 0 Å². The van der Waals surface area contributed by atoms with E-state index in [2.05, 4.69) is 26.8 Å². The summed E-state index contributed by atoms with van der Waals surface area (Å²) in [6.07, 6.45) is 17.6. The zero-order valence-electron chi connectivity index (χ0n) is 17.7. The normalized spacial score (nSPS) is 47.5. The highest BCUT2D eigenvalue weighted by molar-refractivity contribution is 5.79. The predicted octanol–water partition coefficient (Wildman–Crippen LogP) is 6.96. The molecule has 0 radical (unpaired) electrons. The van der Waals surface area contributed by atoms with Crippen LogP contribution in [0.4, 0.5) is 0 Å². The molecule has 0 aromatic carbocycles. The molecule has 0 bridgehead atoms. The van der Waals surface area contributed by atoms with Crippen molar-refractivity contribution in [3.05, 3.63) is 11.6 Å². The first-order chi connectivity index (χ1) is 12.4. The second-order valence-corrected chi connectivity index (χ2v) is 10.8. The van der Waals surface area contributed by atoms with Crippen LogP contribution in [0.15, 0.2) is 11.6 Å². The maximum Gasteiger partial charge on any atom is 0.133 e. The molecule has 0 N–H and O–H groups in total. The summed E-state index contributed by atoms with van der Waals surface area (Å²) in [5, 5.41) is 0. The highest BCUT2D eigenvalue weighted by Gasteiger charge is 2.59. The van der Waals surface area contributed by atoms with E-state index >= 15 is 0 Å². The molecule has 0 amide bonds. The molecule has 0 saturated heterocycles. The van der Waals surface area contributed by atoms with Crippen molar-refractivity contribution in [2.45, 2.75) is 98.3 Å². The van der Waals surface area contributed by atoms with Crippen molar-refractivity contribution in [1.82, 2.24) is 0 Å². The van der Waals surface area contributed by atoms with Gasteiger partial charge in [-0.05, 0) is 92.8 Å². The fourth-order valence-corrected chi connectivity index (χ4v) is 8.14. The summed E-state index contributed by atoms with van der Waals surface area (Å²) in [6.45, 7) is 9.26. The van der Waals surface area contributed by atoms with E-state index in [0.717, 1.165) is 30.1 Å². The van der Waals surface area contributed by atoms with Gasteiger partial charge in [-0.25, -0.2) is 0 Å². The van der Waals surface area contributed by atoms with Crippen LogP contribution in [0.3, 0.4) is 0 Å². The van der Waals surface area contributed by atoms with Crippen molar-refractivity contribution in [1.29, 1.82) is 0 Å². The molecule has 1 nitrogen and oxygen atoms in total. The molecule has 4 aliphatic rings. The minimum atomic E-state index is 0.299. The third-order valence-electron chi connectivity index (χ3n) is 9.66. The van der Waals surface area contributed by atoms with E-state index in [9.17, 15) is 4.79 Å². The number of unbranched alkanes of at least 4 members (excludes halogenated alkanes) is 1. The van der Waals surface area contributed by atoms with Gasteiger partial charge in [0.1, 0.15) is 5.78 Å². The van der Waals surface area contributed by atoms with Crippen molar-refractivity contribution in [3.8, 4) is 0 Å². The Labute approximate surface area is 161 Å². The van der Waals surface area contributed by atoms with Gasteiger partial charge in [0.15, 0.2) is 0 Å². The van der Waals surface area contributed by atoms with Gasteiger partial charge >= 0.3 is 0 Å². The lowest BCUT2D eigenvalue weighted by molar-refractivity contribution is -0.127. The maximum atomic E-state index is 12.3. The zero-order chi connectivity index (χ0) is 18.5. The maximum absolute atomic E-state index is 12.3. The lowest BCUT2D eigenvalue weighted by atomic mass is 9.47. The first-order valence-corrected chi connectivity index (χ1v) is 11.6. The molecule has 3 fully saturated rings. The van der Waals surface area contributed by atoms with Gasteiger partial charge < -0.3 is 0 Å². The van der Waals surface area contributed by atoms with Gasteiger partial charge in [-0.3, -0.25) is 4.79 Å². The second kappa shape index (κ2) is 6.78. The molecule has 0 aromatic rings. The standard InChI is InChI=1S/C25H40O/c1-5-6-7-18-12-14-24(3)19(16-18)8-9-20-22-11-10-21(17(2)26)25(22,4)15-13-23(20)24/h8,18,20-23H,5-7,9-16H2,1-4H3/t18?,20?,21-,22?,23?,24?,25-/m1/s1. The summed E-state index contributed by atoms with van der Waals surface area (Å²) in [5.41, 5.74) is 2.60. The predicted molar refractivity (Wildman–Crippen MR) is 109 cm³/mol. The number of hydrogen-bond donors (Lipinski definition) is 0. The number of fused-ring (bicyclic) bond motifs is 5. The molecule has 0 aromatic heterocycles. The fourth-order valence-electron chi connectivity index (χ4n) is 8.14. The number of rotatable bonds is 4. The highest BCUT2D eigenvalue weighted by atomic mass is 16.1. The Balaban J connectivity index is 1.56. The molecule has 0 spiro atoms. The molecule has 3 saturated carbocycles. The Kier molecular flexibility index (Phi) is 4.89. The van der Waals surface area contributed by atoms with Crippen LogP contribution < -0.4 is 0 Å². The molecule has 0 aliphatic heterocycles. The fraction of sp³-hybridized carbons (Fsp3) is 0.880. The Bertz CT molecular complexity index is 589. The summed E-state index contributed by atoms with van der Waals surface area (Å²) < 4.78 is 0. The smallest absolute Gasteiger partial charge is 0.133 e. The zero-order valence-corrected chi connectivity index (χ0v) is 17.7. The topological polar surface area (TPSA) is 17.1 Å². The van der Waals surface area contributed by atoms with E-state index < -0.39 is 0 Å². The van der Waals surface area contributed by atoms with Crippen molar-refractivity contribution >= 4 is 5.78 Å². The molecular formula is C25H40O. The van der Waals surface area contributed by atoms with E-state index in [-0.39, 0.29) is 0 Å². The van der Waals surface area contributed by atoms with Crippen LogP contribution in [-0.4, -0.2) is 5.78 Å². The molecule has 1 heteroatoms. The van der Waals surface area contributed by atoms with E-state index in [1.807, 2.05) is 12.5 Å². The van der Waals surface area contributed by atoms with Gasteiger partial charge in [-0.2, -0.15) is 0 Å². The summed E-state index contributed by atoms with van der Waals surface area (Å²) in [6, 6.07) is 0. The van der Waals surface area contributed by atoms with Crippen molar-refractivity contribution < 1.29 is 4.79 Å².